The summed E-state index contributed by atoms with van der Waals surface area (Å²) in [6.07, 6.45) is 2.47. The number of aryl methyl sites for hydroxylation is 1. The lowest BCUT2D eigenvalue weighted by molar-refractivity contribution is -0.142. The average molecular weight is 459 g/mol. The fraction of sp³-hybridized carbons (Fsp3) is 0.538. The number of unbranched alkanes of at least 4 members (excludes halogenated alkanes) is 1. The molecule has 7 nitrogen and oxygen atoms in total. The van der Waals surface area contributed by atoms with Crippen LogP contribution in [0, 0.1) is 12.8 Å². The Morgan fingerprint density at radius 2 is 1.73 bits per heavy atom. The van der Waals surface area contributed by atoms with Crippen molar-refractivity contribution in [3.05, 3.63) is 47.4 Å². The molecule has 0 bridgehead atoms. The number of nitrogens with zero attached hydrogens (tertiary/aromatic N) is 2. The first-order valence-corrected chi connectivity index (χ1v) is 11.6. The molecule has 0 spiro atoms. The maximum atomic E-state index is 13.3. The monoisotopic (exact) mass is 458 g/mol. The molecular weight excluding hydrogens is 420 g/mol. The predicted octanol–water partition coefficient (Wildman–Crippen LogP) is 4.46. The van der Waals surface area contributed by atoms with Crippen LogP contribution in [-0.2, 0) is 22.6 Å². The zero-order chi connectivity index (χ0) is 24.4. The number of amides is 2. The summed E-state index contributed by atoms with van der Waals surface area (Å²) in [6.45, 7) is 9.20. The molecule has 0 atom stereocenters. The van der Waals surface area contributed by atoms with Gasteiger partial charge in [0.25, 0.3) is 0 Å². The molecule has 2 amide bonds. The Bertz CT molecular complexity index is 906. The Hall–Kier alpha value is -2.96. The molecule has 0 saturated heterocycles. The van der Waals surface area contributed by atoms with Crippen molar-refractivity contribution in [3.8, 4) is 11.5 Å². The van der Waals surface area contributed by atoms with E-state index >= 15 is 0 Å². The highest BCUT2D eigenvalue weighted by Gasteiger charge is 2.23. The highest BCUT2D eigenvalue weighted by atomic mass is 16.5. The first-order chi connectivity index (χ1) is 15.8. The molecule has 1 aromatic heterocycles. The van der Waals surface area contributed by atoms with Gasteiger partial charge in [-0.1, -0.05) is 33.3 Å². The maximum Gasteiger partial charge on any atom is 0.242 e. The highest BCUT2D eigenvalue weighted by molar-refractivity contribution is 5.85. The number of carbonyl (C=O) groups excluding carboxylic acids is 2. The van der Waals surface area contributed by atoms with Crippen LogP contribution in [0.2, 0.25) is 0 Å². The van der Waals surface area contributed by atoms with E-state index in [0.29, 0.717) is 37.6 Å². The third kappa shape index (κ3) is 7.84. The molecule has 1 aromatic carbocycles. The number of methoxy groups -OCH3 is 2. The van der Waals surface area contributed by atoms with Crippen molar-refractivity contribution in [2.75, 3.05) is 33.9 Å². The predicted molar refractivity (Wildman–Crippen MR) is 128 cm³/mol. The summed E-state index contributed by atoms with van der Waals surface area (Å²) in [4.78, 5) is 29.5. The molecule has 0 unspecified atom stereocenters. The standard InChI is InChI=1S/C26H38N2O5/c1-7-8-14-28(26(30)19(2)3)18-25(29)27(17-22-11-9-20(4)33-22)15-13-21-10-12-23(31-5)24(16-21)32-6/h9-12,16,19H,7-8,13-15,17-18H2,1-6H3. The van der Waals surface area contributed by atoms with E-state index in [9.17, 15) is 9.59 Å². The lowest BCUT2D eigenvalue weighted by atomic mass is 10.1. The van der Waals surface area contributed by atoms with Crippen molar-refractivity contribution in [2.45, 2.75) is 53.5 Å². The van der Waals surface area contributed by atoms with Crippen LogP contribution in [0.25, 0.3) is 0 Å². The minimum Gasteiger partial charge on any atom is -0.493 e. The van der Waals surface area contributed by atoms with Gasteiger partial charge in [0, 0.05) is 19.0 Å². The fourth-order valence-corrected chi connectivity index (χ4v) is 3.59. The molecule has 0 radical (unpaired) electrons. The van der Waals surface area contributed by atoms with Crippen LogP contribution in [-0.4, -0.2) is 55.5 Å². The van der Waals surface area contributed by atoms with Crippen molar-refractivity contribution in [1.29, 1.82) is 0 Å². The first-order valence-electron chi connectivity index (χ1n) is 11.6. The fourth-order valence-electron chi connectivity index (χ4n) is 3.59. The quantitative estimate of drug-likeness (QED) is 0.443. The van der Waals surface area contributed by atoms with E-state index in [2.05, 4.69) is 6.92 Å². The first kappa shape index (κ1) is 26.3. The minimum absolute atomic E-state index is 0.00508. The molecule has 0 N–H and O–H groups in total. The lowest BCUT2D eigenvalue weighted by Crippen LogP contribution is -2.45. The molecule has 2 rings (SSSR count). The number of carbonyl (C=O) groups is 2. The molecule has 0 saturated carbocycles. The van der Waals surface area contributed by atoms with Gasteiger partial charge in [-0.3, -0.25) is 9.59 Å². The van der Waals surface area contributed by atoms with E-state index in [1.54, 1.807) is 24.0 Å². The summed E-state index contributed by atoms with van der Waals surface area (Å²) in [5.74, 6) is 2.62. The zero-order valence-corrected chi connectivity index (χ0v) is 20.8. The van der Waals surface area contributed by atoms with Gasteiger partial charge in [-0.05, 0) is 49.6 Å². The van der Waals surface area contributed by atoms with Gasteiger partial charge < -0.3 is 23.7 Å². The zero-order valence-electron chi connectivity index (χ0n) is 20.8. The van der Waals surface area contributed by atoms with E-state index in [1.165, 1.54) is 0 Å². The molecule has 2 aromatic rings. The van der Waals surface area contributed by atoms with Gasteiger partial charge >= 0.3 is 0 Å². The van der Waals surface area contributed by atoms with Crippen LogP contribution in [0.5, 0.6) is 11.5 Å². The van der Waals surface area contributed by atoms with Crippen molar-refractivity contribution < 1.29 is 23.5 Å². The molecule has 182 valence electrons. The summed E-state index contributed by atoms with van der Waals surface area (Å²) >= 11 is 0. The van der Waals surface area contributed by atoms with Gasteiger partial charge in [0.05, 0.1) is 27.3 Å². The molecular formula is C26H38N2O5. The number of hydrogen-bond acceptors (Lipinski definition) is 5. The number of hydrogen-bond donors (Lipinski definition) is 0. The Morgan fingerprint density at radius 3 is 2.30 bits per heavy atom. The van der Waals surface area contributed by atoms with Gasteiger partial charge in [-0.25, -0.2) is 0 Å². The van der Waals surface area contributed by atoms with Gasteiger partial charge in [0.1, 0.15) is 11.5 Å². The Kier molecular flexibility index (Phi) is 10.3. The Morgan fingerprint density at radius 1 is 1.00 bits per heavy atom. The second-order valence-corrected chi connectivity index (χ2v) is 8.54. The van der Waals surface area contributed by atoms with Crippen molar-refractivity contribution in [3.63, 3.8) is 0 Å². The van der Waals surface area contributed by atoms with Crippen molar-refractivity contribution in [1.82, 2.24) is 9.80 Å². The summed E-state index contributed by atoms with van der Waals surface area (Å²) in [5.41, 5.74) is 1.03. The van der Waals surface area contributed by atoms with Crippen molar-refractivity contribution >= 4 is 11.8 Å². The Balaban J connectivity index is 2.18. The second kappa shape index (κ2) is 12.9. The molecule has 33 heavy (non-hydrogen) atoms. The van der Waals surface area contributed by atoms with Gasteiger partial charge in [0.15, 0.2) is 11.5 Å². The third-order valence-electron chi connectivity index (χ3n) is 5.53. The van der Waals surface area contributed by atoms with E-state index in [-0.39, 0.29) is 24.3 Å². The number of benzene rings is 1. The maximum absolute atomic E-state index is 13.3. The number of furan rings is 1. The van der Waals surface area contributed by atoms with Gasteiger partial charge in [-0.2, -0.15) is 0 Å². The van der Waals surface area contributed by atoms with E-state index in [0.717, 1.165) is 29.9 Å². The molecule has 0 aliphatic carbocycles. The lowest BCUT2D eigenvalue weighted by Gasteiger charge is -2.28. The smallest absolute Gasteiger partial charge is 0.242 e. The average Bonchev–Trinajstić information content (AvgIpc) is 3.22. The van der Waals surface area contributed by atoms with Gasteiger partial charge in [0.2, 0.25) is 11.8 Å². The molecule has 1 heterocycles. The summed E-state index contributed by atoms with van der Waals surface area (Å²) in [7, 11) is 3.21. The van der Waals surface area contributed by atoms with E-state index in [4.69, 9.17) is 13.9 Å². The van der Waals surface area contributed by atoms with E-state index in [1.807, 2.05) is 51.1 Å². The SMILES string of the molecule is CCCCN(CC(=O)N(CCc1ccc(OC)c(OC)c1)Cc1ccc(C)o1)C(=O)C(C)C. The van der Waals surface area contributed by atoms with Crippen LogP contribution in [0.3, 0.4) is 0 Å². The minimum atomic E-state index is -0.150. The summed E-state index contributed by atoms with van der Waals surface area (Å²) in [6, 6.07) is 9.54. The topological polar surface area (TPSA) is 72.2 Å². The molecule has 7 heteroatoms. The largest absolute Gasteiger partial charge is 0.493 e. The van der Waals surface area contributed by atoms with Crippen molar-refractivity contribution in [2.24, 2.45) is 5.92 Å². The normalized spacial score (nSPS) is 10.9. The van der Waals surface area contributed by atoms with E-state index < -0.39 is 0 Å². The van der Waals surface area contributed by atoms with Crippen LogP contribution < -0.4 is 9.47 Å². The Labute approximate surface area is 197 Å². The molecule has 0 aliphatic heterocycles. The third-order valence-corrected chi connectivity index (χ3v) is 5.53. The molecule has 0 aliphatic rings. The summed E-state index contributed by atoms with van der Waals surface area (Å²) in [5, 5.41) is 0. The second-order valence-electron chi connectivity index (χ2n) is 8.54. The van der Waals surface area contributed by atoms with Crippen LogP contribution in [0.15, 0.2) is 34.7 Å². The van der Waals surface area contributed by atoms with Gasteiger partial charge in [-0.15, -0.1) is 0 Å². The number of rotatable bonds is 13. The van der Waals surface area contributed by atoms with Crippen LogP contribution in [0.4, 0.5) is 0 Å². The van der Waals surface area contributed by atoms with Crippen LogP contribution >= 0.6 is 0 Å². The summed E-state index contributed by atoms with van der Waals surface area (Å²) < 4.78 is 16.4. The van der Waals surface area contributed by atoms with Crippen LogP contribution in [0.1, 0.15) is 50.7 Å². The molecule has 0 fully saturated rings. The highest BCUT2D eigenvalue weighted by Crippen LogP contribution is 2.27. The number of ether oxygens (including phenoxy) is 2.